The topological polar surface area (TPSA) is 55.4 Å². The zero-order valence-electron chi connectivity index (χ0n) is 12.7. The number of halogens is 2. The molecule has 0 aromatic heterocycles. The summed E-state index contributed by atoms with van der Waals surface area (Å²) in [5.41, 5.74) is 1.80. The van der Waals surface area contributed by atoms with Gasteiger partial charge in [-0.15, -0.1) is 0 Å². The van der Waals surface area contributed by atoms with Crippen molar-refractivity contribution >= 4 is 17.6 Å². The van der Waals surface area contributed by atoms with E-state index in [9.17, 15) is 18.4 Å². The molecule has 4 nitrogen and oxygen atoms in total. The second-order valence-corrected chi connectivity index (χ2v) is 5.12. The summed E-state index contributed by atoms with van der Waals surface area (Å²) in [7, 11) is 0. The van der Waals surface area contributed by atoms with Gasteiger partial charge >= 0.3 is 5.97 Å². The number of hydrogen-bond donors (Lipinski definition) is 1. The molecule has 0 radical (unpaired) electrons. The Bertz CT molecular complexity index is 739. The number of amides is 1. The Morgan fingerprint density at radius 3 is 2.35 bits per heavy atom. The van der Waals surface area contributed by atoms with Gasteiger partial charge in [-0.1, -0.05) is 17.2 Å². The molecule has 2 rings (SSSR count). The Hall–Kier alpha value is -2.76. The number of nitrogens with one attached hydrogen (secondary N) is 1. The second kappa shape index (κ2) is 7.00. The van der Waals surface area contributed by atoms with Crippen LogP contribution in [0.15, 0.2) is 36.4 Å². The molecule has 2 aromatic rings. The van der Waals surface area contributed by atoms with E-state index >= 15 is 0 Å². The summed E-state index contributed by atoms with van der Waals surface area (Å²) in [6, 6.07) is 7.85. The summed E-state index contributed by atoms with van der Waals surface area (Å²) < 4.78 is 31.3. The van der Waals surface area contributed by atoms with E-state index in [0.717, 1.165) is 29.3 Å². The molecule has 0 unspecified atom stereocenters. The molecule has 0 fully saturated rings. The molecule has 6 heteroatoms. The van der Waals surface area contributed by atoms with Gasteiger partial charge in [0.2, 0.25) is 0 Å². The lowest BCUT2D eigenvalue weighted by atomic mass is 10.1. The van der Waals surface area contributed by atoms with Crippen molar-refractivity contribution in [1.82, 2.24) is 0 Å². The molecule has 0 atom stereocenters. The van der Waals surface area contributed by atoms with Gasteiger partial charge in [0, 0.05) is 6.07 Å². The van der Waals surface area contributed by atoms with Crippen LogP contribution in [0.5, 0.6) is 0 Å². The third-order valence-corrected chi connectivity index (χ3v) is 2.99. The smallest absolute Gasteiger partial charge is 0.338 e. The molecule has 0 saturated carbocycles. The van der Waals surface area contributed by atoms with Crippen molar-refractivity contribution in [2.24, 2.45) is 0 Å². The molecule has 0 spiro atoms. The minimum atomic E-state index is -0.777. The third-order valence-electron chi connectivity index (χ3n) is 2.99. The number of anilines is 1. The molecular formula is C17H15F2NO3. The van der Waals surface area contributed by atoms with Crippen molar-refractivity contribution in [2.75, 3.05) is 11.9 Å². The van der Waals surface area contributed by atoms with Crippen molar-refractivity contribution in [3.05, 3.63) is 64.7 Å². The first kappa shape index (κ1) is 16.6. The predicted molar refractivity (Wildman–Crippen MR) is 81.2 cm³/mol. The molecule has 0 bridgehead atoms. The number of hydrogen-bond acceptors (Lipinski definition) is 3. The van der Waals surface area contributed by atoms with Crippen LogP contribution in [-0.4, -0.2) is 18.5 Å². The van der Waals surface area contributed by atoms with Crippen molar-refractivity contribution < 1.29 is 23.1 Å². The highest BCUT2D eigenvalue weighted by Crippen LogP contribution is 2.15. The molecule has 1 N–H and O–H groups in total. The number of aryl methyl sites for hydroxylation is 2. The Morgan fingerprint density at radius 2 is 1.70 bits per heavy atom. The fraction of sp³-hybridized carbons (Fsp3) is 0.176. The largest absolute Gasteiger partial charge is 0.452 e. The van der Waals surface area contributed by atoms with Gasteiger partial charge in [-0.2, -0.15) is 0 Å². The number of carbonyl (C=O) groups is 2. The maximum atomic E-state index is 13.4. The van der Waals surface area contributed by atoms with Crippen LogP contribution in [0.2, 0.25) is 0 Å². The highest BCUT2D eigenvalue weighted by atomic mass is 19.1. The van der Waals surface area contributed by atoms with E-state index in [1.807, 2.05) is 19.9 Å². The molecule has 1 amide bonds. The Balaban J connectivity index is 1.96. The number of esters is 1. The van der Waals surface area contributed by atoms with Crippen LogP contribution < -0.4 is 5.32 Å². The SMILES string of the molecule is Cc1cc(C)cc(C(=O)OCC(=O)Nc2cc(F)ccc2F)c1. The van der Waals surface area contributed by atoms with Gasteiger partial charge in [-0.05, 0) is 38.1 Å². The quantitative estimate of drug-likeness (QED) is 0.879. The van der Waals surface area contributed by atoms with Crippen molar-refractivity contribution in [1.29, 1.82) is 0 Å². The minimum absolute atomic E-state index is 0.308. The zero-order valence-corrected chi connectivity index (χ0v) is 12.7. The van der Waals surface area contributed by atoms with E-state index in [1.54, 1.807) is 12.1 Å². The fourth-order valence-corrected chi connectivity index (χ4v) is 2.09. The average Bonchev–Trinajstić information content (AvgIpc) is 2.47. The van der Waals surface area contributed by atoms with Gasteiger partial charge in [0.25, 0.3) is 5.91 Å². The summed E-state index contributed by atoms with van der Waals surface area (Å²) >= 11 is 0. The van der Waals surface area contributed by atoms with Gasteiger partial charge in [-0.25, -0.2) is 13.6 Å². The first-order valence-corrected chi connectivity index (χ1v) is 6.85. The van der Waals surface area contributed by atoms with Crippen LogP contribution in [0.1, 0.15) is 21.5 Å². The van der Waals surface area contributed by atoms with E-state index in [2.05, 4.69) is 5.32 Å². The van der Waals surface area contributed by atoms with Gasteiger partial charge in [0.05, 0.1) is 11.3 Å². The molecule has 0 aliphatic heterocycles. The van der Waals surface area contributed by atoms with E-state index in [-0.39, 0.29) is 5.69 Å². The summed E-state index contributed by atoms with van der Waals surface area (Å²) in [6.45, 7) is 3.08. The van der Waals surface area contributed by atoms with Crippen molar-refractivity contribution in [3.8, 4) is 0 Å². The second-order valence-electron chi connectivity index (χ2n) is 5.12. The molecule has 120 valence electrons. The summed E-state index contributed by atoms with van der Waals surface area (Å²) in [6.07, 6.45) is 0. The van der Waals surface area contributed by atoms with Crippen molar-refractivity contribution in [2.45, 2.75) is 13.8 Å². The standard InChI is InChI=1S/C17H15F2NO3/c1-10-5-11(2)7-12(6-10)17(22)23-9-16(21)20-15-8-13(18)3-4-14(15)19/h3-8H,9H2,1-2H3,(H,20,21). The average molecular weight is 319 g/mol. The lowest BCUT2D eigenvalue weighted by Crippen LogP contribution is -2.21. The molecule has 23 heavy (non-hydrogen) atoms. The molecule has 0 heterocycles. The zero-order chi connectivity index (χ0) is 17.0. The molecule has 2 aromatic carbocycles. The summed E-state index contributed by atoms with van der Waals surface area (Å²) in [4.78, 5) is 23.6. The molecule has 0 aliphatic carbocycles. The maximum absolute atomic E-state index is 13.4. The number of benzene rings is 2. The number of ether oxygens (including phenoxy) is 1. The Labute approximate surface area is 132 Å². The lowest BCUT2D eigenvalue weighted by Gasteiger charge is -2.08. The maximum Gasteiger partial charge on any atom is 0.338 e. The third kappa shape index (κ3) is 4.60. The van der Waals surface area contributed by atoms with Crippen LogP contribution in [0.3, 0.4) is 0 Å². The minimum Gasteiger partial charge on any atom is -0.452 e. The molecular weight excluding hydrogens is 304 g/mol. The van der Waals surface area contributed by atoms with Crippen LogP contribution >= 0.6 is 0 Å². The van der Waals surface area contributed by atoms with E-state index in [1.165, 1.54) is 0 Å². The van der Waals surface area contributed by atoms with E-state index in [0.29, 0.717) is 5.56 Å². The lowest BCUT2D eigenvalue weighted by molar-refractivity contribution is -0.119. The van der Waals surface area contributed by atoms with Crippen molar-refractivity contribution in [3.63, 3.8) is 0 Å². The normalized spacial score (nSPS) is 10.3. The molecule has 0 saturated heterocycles. The Kier molecular flexibility index (Phi) is 5.05. The van der Waals surface area contributed by atoms with E-state index < -0.39 is 30.1 Å². The van der Waals surface area contributed by atoms with Crippen LogP contribution in [0, 0.1) is 25.5 Å². The van der Waals surface area contributed by atoms with Gasteiger partial charge in [0.15, 0.2) is 6.61 Å². The monoisotopic (exact) mass is 319 g/mol. The number of rotatable bonds is 4. The van der Waals surface area contributed by atoms with Gasteiger partial charge in [0.1, 0.15) is 11.6 Å². The van der Waals surface area contributed by atoms with E-state index in [4.69, 9.17) is 4.74 Å². The van der Waals surface area contributed by atoms with Gasteiger partial charge in [-0.3, -0.25) is 4.79 Å². The van der Waals surface area contributed by atoms with Crippen LogP contribution in [0.25, 0.3) is 0 Å². The summed E-state index contributed by atoms with van der Waals surface area (Å²) in [5.74, 6) is -2.88. The number of carbonyl (C=O) groups excluding carboxylic acids is 2. The highest BCUT2D eigenvalue weighted by molar-refractivity contribution is 5.95. The summed E-state index contributed by atoms with van der Waals surface area (Å²) in [5, 5.41) is 2.15. The first-order valence-electron chi connectivity index (χ1n) is 6.85. The van der Waals surface area contributed by atoms with Gasteiger partial charge < -0.3 is 10.1 Å². The molecule has 0 aliphatic rings. The predicted octanol–water partition coefficient (Wildman–Crippen LogP) is 3.38. The van der Waals surface area contributed by atoms with Crippen LogP contribution in [0.4, 0.5) is 14.5 Å². The highest BCUT2D eigenvalue weighted by Gasteiger charge is 2.13. The first-order chi connectivity index (χ1) is 10.8. The van der Waals surface area contributed by atoms with Crippen LogP contribution in [-0.2, 0) is 9.53 Å². The fourth-order valence-electron chi connectivity index (χ4n) is 2.09. The Morgan fingerprint density at radius 1 is 1.04 bits per heavy atom.